The quantitative estimate of drug-likeness (QED) is 0.297. The predicted octanol–water partition coefficient (Wildman–Crippen LogP) is 3.19. The van der Waals surface area contributed by atoms with Crippen molar-refractivity contribution in [2.24, 2.45) is 4.99 Å². The smallest absolute Gasteiger partial charge is 0.251 e. The molecular weight excluding hydrogens is 312 g/mol. The zero-order chi connectivity index (χ0) is 18.5. The number of hydrogen-bond donors (Lipinski definition) is 2. The second kappa shape index (κ2) is 12.1. The van der Waals surface area contributed by atoms with Crippen molar-refractivity contribution < 1.29 is 4.79 Å². The van der Waals surface area contributed by atoms with Crippen LogP contribution >= 0.6 is 0 Å². The van der Waals surface area contributed by atoms with E-state index < -0.39 is 0 Å². The maximum Gasteiger partial charge on any atom is 0.251 e. The molecule has 0 aromatic heterocycles. The number of carbonyl (C=O) groups is 1. The van der Waals surface area contributed by atoms with E-state index in [4.69, 9.17) is 4.99 Å². The van der Waals surface area contributed by atoms with Crippen LogP contribution in [-0.2, 0) is 6.54 Å². The minimum Gasteiger partial charge on any atom is -0.357 e. The van der Waals surface area contributed by atoms with Gasteiger partial charge in [-0.2, -0.15) is 0 Å². The fraction of sp³-hybridized carbons (Fsp3) is 0.500. The van der Waals surface area contributed by atoms with E-state index in [1.807, 2.05) is 44.3 Å². The number of amides is 1. The number of allylic oxidation sites excluding steroid dienone is 1. The van der Waals surface area contributed by atoms with E-state index in [0.29, 0.717) is 18.7 Å². The van der Waals surface area contributed by atoms with Gasteiger partial charge in [-0.05, 0) is 43.9 Å². The fourth-order valence-corrected chi connectivity index (χ4v) is 2.37. The predicted molar refractivity (Wildman–Crippen MR) is 106 cm³/mol. The molecule has 0 unspecified atom stereocenters. The van der Waals surface area contributed by atoms with Gasteiger partial charge in [-0.15, -0.1) is 6.58 Å². The highest BCUT2D eigenvalue weighted by Gasteiger charge is 2.07. The maximum absolute atomic E-state index is 12.1. The summed E-state index contributed by atoms with van der Waals surface area (Å²) in [7, 11) is 2.04. The van der Waals surface area contributed by atoms with Gasteiger partial charge in [0, 0.05) is 32.2 Å². The second-order valence-electron chi connectivity index (χ2n) is 5.98. The summed E-state index contributed by atoms with van der Waals surface area (Å²) in [5.74, 6) is 0.855. The molecule has 0 aliphatic rings. The molecule has 0 fully saturated rings. The van der Waals surface area contributed by atoms with Gasteiger partial charge >= 0.3 is 0 Å². The summed E-state index contributed by atoms with van der Waals surface area (Å²) < 4.78 is 0. The molecule has 2 N–H and O–H groups in total. The second-order valence-corrected chi connectivity index (χ2v) is 5.98. The van der Waals surface area contributed by atoms with E-state index >= 15 is 0 Å². The molecule has 0 atom stereocenters. The Hall–Kier alpha value is -2.30. The average Bonchev–Trinajstić information content (AvgIpc) is 2.63. The van der Waals surface area contributed by atoms with Gasteiger partial charge in [0.15, 0.2) is 5.96 Å². The molecule has 0 spiro atoms. The van der Waals surface area contributed by atoms with Gasteiger partial charge in [-0.3, -0.25) is 4.79 Å². The number of benzene rings is 1. The van der Waals surface area contributed by atoms with E-state index in [2.05, 4.69) is 29.0 Å². The van der Waals surface area contributed by atoms with Crippen LogP contribution in [0.5, 0.6) is 0 Å². The highest BCUT2D eigenvalue weighted by Crippen LogP contribution is 2.07. The first-order chi connectivity index (χ1) is 12.1. The first-order valence-corrected chi connectivity index (χ1v) is 9.09. The Kier molecular flexibility index (Phi) is 10.1. The molecule has 0 saturated carbocycles. The zero-order valence-electron chi connectivity index (χ0n) is 15.8. The molecule has 25 heavy (non-hydrogen) atoms. The van der Waals surface area contributed by atoms with Crippen LogP contribution < -0.4 is 10.6 Å². The summed E-state index contributed by atoms with van der Waals surface area (Å²) in [5.41, 5.74) is 1.71. The number of carbonyl (C=O) groups excluding carboxylic acids is 1. The Morgan fingerprint density at radius 2 is 2.12 bits per heavy atom. The largest absolute Gasteiger partial charge is 0.357 e. The Morgan fingerprint density at radius 1 is 1.32 bits per heavy atom. The first kappa shape index (κ1) is 20.7. The number of guanidine groups is 1. The third-order valence-corrected chi connectivity index (χ3v) is 3.73. The number of unbranched alkanes of at least 4 members (excludes halogenated alkanes) is 1. The molecule has 0 aliphatic heterocycles. The van der Waals surface area contributed by atoms with Gasteiger partial charge in [0.2, 0.25) is 0 Å². The summed E-state index contributed by atoms with van der Waals surface area (Å²) in [6.07, 6.45) is 4.92. The van der Waals surface area contributed by atoms with Crippen molar-refractivity contribution in [1.29, 1.82) is 0 Å². The van der Waals surface area contributed by atoms with Crippen molar-refractivity contribution in [1.82, 2.24) is 15.5 Å². The molecular formula is C20H32N4O. The number of hydrogen-bond acceptors (Lipinski definition) is 2. The van der Waals surface area contributed by atoms with Crippen LogP contribution in [0.2, 0.25) is 0 Å². The van der Waals surface area contributed by atoms with Gasteiger partial charge in [-0.25, -0.2) is 4.99 Å². The molecule has 1 amide bonds. The number of nitrogens with zero attached hydrogens (tertiary/aromatic N) is 2. The fourth-order valence-electron chi connectivity index (χ4n) is 2.37. The van der Waals surface area contributed by atoms with E-state index in [0.717, 1.165) is 43.9 Å². The highest BCUT2D eigenvalue weighted by atomic mass is 16.1. The van der Waals surface area contributed by atoms with Crippen LogP contribution in [0.25, 0.3) is 0 Å². The molecule has 0 saturated heterocycles. The van der Waals surface area contributed by atoms with Crippen LogP contribution in [0.3, 0.4) is 0 Å². The zero-order valence-corrected chi connectivity index (χ0v) is 15.8. The summed E-state index contributed by atoms with van der Waals surface area (Å²) in [6.45, 7) is 10.9. The molecule has 0 aliphatic carbocycles. The van der Waals surface area contributed by atoms with Gasteiger partial charge < -0.3 is 15.5 Å². The van der Waals surface area contributed by atoms with Crippen molar-refractivity contribution in [3.05, 3.63) is 48.0 Å². The molecule has 0 bridgehead atoms. The lowest BCUT2D eigenvalue weighted by molar-refractivity contribution is 0.0953. The average molecular weight is 345 g/mol. The minimum atomic E-state index is -0.0267. The summed E-state index contributed by atoms with van der Waals surface area (Å²) in [4.78, 5) is 18.9. The number of nitrogens with one attached hydrogen (secondary N) is 2. The van der Waals surface area contributed by atoms with E-state index in [-0.39, 0.29) is 5.91 Å². The summed E-state index contributed by atoms with van der Waals surface area (Å²) >= 11 is 0. The van der Waals surface area contributed by atoms with Crippen LogP contribution in [0.4, 0.5) is 0 Å². The lowest BCUT2D eigenvalue weighted by Crippen LogP contribution is -2.39. The summed E-state index contributed by atoms with van der Waals surface area (Å²) in [6, 6.07) is 7.66. The van der Waals surface area contributed by atoms with Gasteiger partial charge in [-0.1, -0.05) is 25.1 Å². The molecule has 1 aromatic rings. The highest BCUT2D eigenvalue weighted by molar-refractivity contribution is 5.94. The molecule has 0 radical (unpaired) electrons. The van der Waals surface area contributed by atoms with Crippen molar-refractivity contribution in [2.45, 2.75) is 39.7 Å². The Morgan fingerprint density at radius 3 is 2.80 bits per heavy atom. The van der Waals surface area contributed by atoms with Gasteiger partial charge in [0.05, 0.1) is 6.54 Å². The van der Waals surface area contributed by atoms with Gasteiger partial charge in [0.1, 0.15) is 0 Å². The van der Waals surface area contributed by atoms with Crippen LogP contribution in [0, 0.1) is 0 Å². The van der Waals surface area contributed by atoms with Crippen molar-refractivity contribution in [3.63, 3.8) is 0 Å². The number of aliphatic imine (C=N–C) groups is 1. The first-order valence-electron chi connectivity index (χ1n) is 9.09. The van der Waals surface area contributed by atoms with E-state index in [9.17, 15) is 4.79 Å². The lowest BCUT2D eigenvalue weighted by Gasteiger charge is -2.21. The lowest BCUT2D eigenvalue weighted by atomic mass is 10.1. The molecule has 1 aromatic carbocycles. The Bertz CT molecular complexity index is 569. The maximum atomic E-state index is 12.1. The Balaban J connectivity index is 2.74. The molecule has 0 heterocycles. The molecule has 5 heteroatoms. The molecule has 1 rings (SSSR count). The third kappa shape index (κ3) is 7.88. The van der Waals surface area contributed by atoms with Crippen molar-refractivity contribution >= 4 is 11.9 Å². The van der Waals surface area contributed by atoms with Gasteiger partial charge in [0.25, 0.3) is 5.91 Å². The molecule has 5 nitrogen and oxygen atoms in total. The normalized spacial score (nSPS) is 11.1. The van der Waals surface area contributed by atoms with Crippen LogP contribution in [0.15, 0.2) is 41.9 Å². The monoisotopic (exact) mass is 344 g/mol. The van der Waals surface area contributed by atoms with Crippen molar-refractivity contribution in [2.75, 3.05) is 26.7 Å². The SMILES string of the molecule is C=CCCCN(C)C(=NCc1cccc(C(=O)NCCC)c1)NCC. The summed E-state index contributed by atoms with van der Waals surface area (Å²) in [5, 5.41) is 6.22. The number of rotatable bonds is 10. The topological polar surface area (TPSA) is 56.7 Å². The Labute approximate surface area is 152 Å². The molecule has 138 valence electrons. The van der Waals surface area contributed by atoms with E-state index in [1.54, 1.807) is 0 Å². The minimum absolute atomic E-state index is 0.0267. The van der Waals surface area contributed by atoms with E-state index in [1.165, 1.54) is 0 Å². The standard InChI is InChI=1S/C20H32N4O/c1-5-8-9-14-24(4)20(21-7-3)23-16-17-11-10-12-18(15-17)19(25)22-13-6-2/h5,10-12,15H,1,6-9,13-14,16H2,2-4H3,(H,21,23)(H,22,25). The van der Waals surface area contributed by atoms with Crippen LogP contribution in [-0.4, -0.2) is 43.4 Å². The van der Waals surface area contributed by atoms with Crippen molar-refractivity contribution in [3.8, 4) is 0 Å². The van der Waals surface area contributed by atoms with Crippen LogP contribution in [0.1, 0.15) is 49.0 Å². The third-order valence-electron chi connectivity index (χ3n) is 3.73.